The van der Waals surface area contributed by atoms with E-state index in [2.05, 4.69) is 0 Å². The Morgan fingerprint density at radius 1 is 1.16 bits per heavy atom. The molecule has 0 spiro atoms. The van der Waals surface area contributed by atoms with Gasteiger partial charge < -0.3 is 14.3 Å². The molecule has 25 heavy (non-hydrogen) atoms. The summed E-state index contributed by atoms with van der Waals surface area (Å²) in [5.74, 6) is -0.660. The number of phenolic OH excluding ortho intramolecular Hbond substituents is 1. The molecule has 1 heterocycles. The molecule has 0 amide bonds. The van der Waals surface area contributed by atoms with Crippen molar-refractivity contribution in [3.8, 4) is 5.75 Å². The highest BCUT2D eigenvalue weighted by molar-refractivity contribution is 6.00. The standard InChI is InChI=1S/C20H18O5/c1-12-3-5-14(6-4-12)20(23)13(2)25-19(22)9-15-11-24-18-10-16(21)7-8-17(15)18/h3-8,10-11,13,21H,9H2,1-2H3/t13-/m0/s1. The monoisotopic (exact) mass is 338 g/mol. The molecule has 0 saturated carbocycles. The minimum absolute atomic E-state index is 0.0106. The van der Waals surface area contributed by atoms with Gasteiger partial charge in [0.2, 0.25) is 5.78 Å². The quantitative estimate of drug-likeness (QED) is 0.565. The Hall–Kier alpha value is -3.08. The fourth-order valence-corrected chi connectivity index (χ4v) is 2.61. The summed E-state index contributed by atoms with van der Waals surface area (Å²) in [5, 5.41) is 10.2. The number of aryl methyl sites for hydroxylation is 1. The highest BCUT2D eigenvalue weighted by Crippen LogP contribution is 2.25. The van der Waals surface area contributed by atoms with Crippen molar-refractivity contribution in [1.29, 1.82) is 0 Å². The summed E-state index contributed by atoms with van der Waals surface area (Å²) in [5.41, 5.74) is 2.70. The van der Waals surface area contributed by atoms with Gasteiger partial charge in [0, 0.05) is 22.6 Å². The van der Waals surface area contributed by atoms with Gasteiger partial charge in [0.05, 0.1) is 12.7 Å². The number of carbonyl (C=O) groups is 2. The van der Waals surface area contributed by atoms with Crippen LogP contribution in [-0.2, 0) is 16.0 Å². The molecule has 5 nitrogen and oxygen atoms in total. The number of hydrogen-bond acceptors (Lipinski definition) is 5. The molecule has 0 saturated heterocycles. The molecule has 3 rings (SSSR count). The average molecular weight is 338 g/mol. The van der Waals surface area contributed by atoms with Crippen molar-refractivity contribution in [1.82, 2.24) is 0 Å². The molecular weight excluding hydrogens is 320 g/mol. The van der Waals surface area contributed by atoms with E-state index in [1.54, 1.807) is 25.1 Å². The van der Waals surface area contributed by atoms with Crippen LogP contribution in [0, 0.1) is 6.92 Å². The molecule has 0 fully saturated rings. The third-order valence-corrected chi connectivity index (χ3v) is 3.99. The smallest absolute Gasteiger partial charge is 0.311 e. The topological polar surface area (TPSA) is 76.7 Å². The van der Waals surface area contributed by atoms with Crippen molar-refractivity contribution in [3.63, 3.8) is 0 Å². The van der Waals surface area contributed by atoms with Crippen molar-refractivity contribution >= 4 is 22.7 Å². The predicted molar refractivity (Wildman–Crippen MR) is 92.6 cm³/mol. The van der Waals surface area contributed by atoms with E-state index < -0.39 is 12.1 Å². The zero-order chi connectivity index (χ0) is 18.0. The van der Waals surface area contributed by atoms with Crippen LogP contribution < -0.4 is 0 Å². The van der Waals surface area contributed by atoms with Crippen LogP contribution >= 0.6 is 0 Å². The lowest BCUT2D eigenvalue weighted by molar-refractivity contribution is -0.145. The lowest BCUT2D eigenvalue weighted by Gasteiger charge is -2.12. The molecule has 0 radical (unpaired) electrons. The van der Waals surface area contributed by atoms with Crippen molar-refractivity contribution in [2.24, 2.45) is 0 Å². The Balaban J connectivity index is 1.67. The molecule has 0 aliphatic carbocycles. The number of carbonyl (C=O) groups excluding carboxylic acids is 2. The van der Waals surface area contributed by atoms with Gasteiger partial charge in [-0.2, -0.15) is 0 Å². The molecule has 0 unspecified atom stereocenters. The van der Waals surface area contributed by atoms with Gasteiger partial charge in [0.1, 0.15) is 11.3 Å². The minimum atomic E-state index is -0.864. The summed E-state index contributed by atoms with van der Waals surface area (Å²) >= 11 is 0. The van der Waals surface area contributed by atoms with Crippen LogP contribution in [0.5, 0.6) is 5.75 Å². The molecule has 0 bridgehead atoms. The second-order valence-corrected chi connectivity index (χ2v) is 5.98. The number of aromatic hydroxyl groups is 1. The normalized spacial score (nSPS) is 12.1. The van der Waals surface area contributed by atoms with Gasteiger partial charge in [0.25, 0.3) is 0 Å². The van der Waals surface area contributed by atoms with Crippen LogP contribution in [0.4, 0.5) is 0 Å². The number of Topliss-reactive ketones (excluding diaryl/α,β-unsaturated/α-hetero) is 1. The van der Waals surface area contributed by atoms with Crippen LogP contribution in [0.15, 0.2) is 53.1 Å². The number of fused-ring (bicyclic) bond motifs is 1. The van der Waals surface area contributed by atoms with E-state index in [9.17, 15) is 14.7 Å². The third kappa shape index (κ3) is 3.71. The van der Waals surface area contributed by atoms with Gasteiger partial charge in [0.15, 0.2) is 6.10 Å². The van der Waals surface area contributed by atoms with Crippen LogP contribution in [0.2, 0.25) is 0 Å². The molecule has 2 aromatic carbocycles. The maximum atomic E-state index is 12.3. The van der Waals surface area contributed by atoms with Gasteiger partial charge in [-0.05, 0) is 26.0 Å². The molecule has 0 aliphatic heterocycles. The van der Waals surface area contributed by atoms with Gasteiger partial charge >= 0.3 is 5.97 Å². The number of furan rings is 1. The minimum Gasteiger partial charge on any atom is -0.508 e. The summed E-state index contributed by atoms with van der Waals surface area (Å²) in [4.78, 5) is 24.5. The van der Waals surface area contributed by atoms with E-state index in [0.717, 1.165) is 10.9 Å². The summed E-state index contributed by atoms with van der Waals surface area (Å²) in [6.07, 6.45) is 0.582. The Morgan fingerprint density at radius 3 is 2.60 bits per heavy atom. The largest absolute Gasteiger partial charge is 0.508 e. The van der Waals surface area contributed by atoms with Gasteiger partial charge in [-0.3, -0.25) is 9.59 Å². The Labute approximate surface area is 144 Å². The molecule has 128 valence electrons. The first-order valence-electron chi connectivity index (χ1n) is 7.93. The molecule has 1 N–H and O–H groups in total. The van der Waals surface area contributed by atoms with E-state index in [1.807, 2.05) is 19.1 Å². The van der Waals surface area contributed by atoms with E-state index >= 15 is 0 Å². The van der Waals surface area contributed by atoms with Crippen molar-refractivity contribution < 1.29 is 23.8 Å². The average Bonchev–Trinajstić information content (AvgIpc) is 2.96. The summed E-state index contributed by atoms with van der Waals surface area (Å²) in [6, 6.07) is 11.8. The molecule has 5 heteroatoms. The molecule has 1 aromatic heterocycles. The summed E-state index contributed by atoms with van der Waals surface area (Å²) < 4.78 is 10.6. The number of ketones is 1. The zero-order valence-corrected chi connectivity index (χ0v) is 14.0. The number of benzene rings is 2. The fourth-order valence-electron chi connectivity index (χ4n) is 2.61. The maximum Gasteiger partial charge on any atom is 0.311 e. The van der Waals surface area contributed by atoms with E-state index in [0.29, 0.717) is 16.7 Å². The number of esters is 1. The maximum absolute atomic E-state index is 12.3. The fraction of sp³-hybridized carbons (Fsp3) is 0.200. The Morgan fingerprint density at radius 2 is 1.88 bits per heavy atom. The highest BCUT2D eigenvalue weighted by atomic mass is 16.5. The molecule has 3 aromatic rings. The molecule has 0 aliphatic rings. The zero-order valence-electron chi connectivity index (χ0n) is 14.0. The van der Waals surface area contributed by atoms with Gasteiger partial charge in [-0.1, -0.05) is 29.8 Å². The van der Waals surface area contributed by atoms with Crippen LogP contribution in [0.3, 0.4) is 0 Å². The van der Waals surface area contributed by atoms with E-state index in [-0.39, 0.29) is 18.0 Å². The first-order chi connectivity index (χ1) is 11.9. The lowest BCUT2D eigenvalue weighted by atomic mass is 10.1. The molecular formula is C20H18O5. The summed E-state index contributed by atoms with van der Waals surface area (Å²) in [6.45, 7) is 3.50. The highest BCUT2D eigenvalue weighted by Gasteiger charge is 2.20. The number of rotatable bonds is 5. The first-order valence-corrected chi connectivity index (χ1v) is 7.93. The summed E-state index contributed by atoms with van der Waals surface area (Å²) in [7, 11) is 0. The Bertz CT molecular complexity index is 921. The van der Waals surface area contributed by atoms with Crippen molar-refractivity contribution in [2.45, 2.75) is 26.4 Å². The van der Waals surface area contributed by atoms with Crippen molar-refractivity contribution in [3.05, 3.63) is 65.4 Å². The number of phenols is 1. The van der Waals surface area contributed by atoms with Crippen LogP contribution in [0.1, 0.15) is 28.4 Å². The van der Waals surface area contributed by atoms with Crippen LogP contribution in [-0.4, -0.2) is 23.0 Å². The number of ether oxygens (including phenoxy) is 1. The van der Waals surface area contributed by atoms with Crippen LogP contribution in [0.25, 0.3) is 11.0 Å². The lowest BCUT2D eigenvalue weighted by Crippen LogP contribution is -2.25. The SMILES string of the molecule is Cc1ccc(C(=O)[C@H](C)OC(=O)Cc2coc3cc(O)ccc23)cc1. The Kier molecular flexibility index (Phi) is 4.57. The van der Waals surface area contributed by atoms with E-state index in [1.165, 1.54) is 18.4 Å². The van der Waals surface area contributed by atoms with Gasteiger partial charge in [-0.25, -0.2) is 0 Å². The van der Waals surface area contributed by atoms with Gasteiger partial charge in [-0.15, -0.1) is 0 Å². The molecule has 1 atom stereocenters. The van der Waals surface area contributed by atoms with Crippen molar-refractivity contribution in [2.75, 3.05) is 0 Å². The van der Waals surface area contributed by atoms with E-state index in [4.69, 9.17) is 9.15 Å². The first kappa shape index (κ1) is 16.8. The second kappa shape index (κ2) is 6.81. The second-order valence-electron chi connectivity index (χ2n) is 5.98. The number of hydrogen-bond donors (Lipinski definition) is 1. The predicted octanol–water partition coefficient (Wildman–Crippen LogP) is 3.80. The third-order valence-electron chi connectivity index (χ3n) is 3.99.